The van der Waals surface area contributed by atoms with E-state index in [2.05, 4.69) is 5.32 Å². The standard InChI is InChI=1S/C9H7F2NO2/c1-4-9(13)12-7-2-5(10)6(11)3-8(7)14-4/h2-4H,1H3,(H,12,13)/t4-/m0/s1. The van der Waals surface area contributed by atoms with Crippen LogP contribution in [0.15, 0.2) is 12.1 Å². The minimum absolute atomic E-state index is 0.149. The molecule has 14 heavy (non-hydrogen) atoms. The Morgan fingerprint density at radius 1 is 1.36 bits per heavy atom. The highest BCUT2D eigenvalue weighted by Crippen LogP contribution is 2.31. The van der Waals surface area contributed by atoms with Crippen molar-refractivity contribution in [3.8, 4) is 5.75 Å². The summed E-state index contributed by atoms with van der Waals surface area (Å²) in [6, 6.07) is 1.81. The van der Waals surface area contributed by atoms with Gasteiger partial charge in [-0.1, -0.05) is 0 Å². The van der Waals surface area contributed by atoms with Gasteiger partial charge in [0.15, 0.2) is 17.7 Å². The minimum atomic E-state index is -1.01. The van der Waals surface area contributed by atoms with E-state index in [0.29, 0.717) is 0 Å². The Morgan fingerprint density at radius 2 is 2.00 bits per heavy atom. The lowest BCUT2D eigenvalue weighted by atomic mass is 10.2. The number of carbonyl (C=O) groups is 1. The maximum absolute atomic E-state index is 12.8. The lowest BCUT2D eigenvalue weighted by Gasteiger charge is -2.23. The highest BCUT2D eigenvalue weighted by atomic mass is 19.2. The molecule has 1 aromatic rings. The molecule has 1 amide bonds. The third-order valence-electron chi connectivity index (χ3n) is 1.95. The van der Waals surface area contributed by atoms with E-state index in [-0.39, 0.29) is 17.3 Å². The summed E-state index contributed by atoms with van der Waals surface area (Å²) in [7, 11) is 0. The van der Waals surface area contributed by atoms with Gasteiger partial charge < -0.3 is 10.1 Å². The first-order valence-electron chi connectivity index (χ1n) is 4.04. The summed E-state index contributed by atoms with van der Waals surface area (Å²) in [5, 5.41) is 2.41. The van der Waals surface area contributed by atoms with Gasteiger partial charge >= 0.3 is 0 Å². The van der Waals surface area contributed by atoms with E-state index < -0.39 is 17.7 Å². The van der Waals surface area contributed by atoms with E-state index in [1.807, 2.05) is 0 Å². The molecule has 1 aliphatic rings. The third kappa shape index (κ3) is 1.30. The van der Waals surface area contributed by atoms with E-state index in [1.54, 1.807) is 0 Å². The van der Waals surface area contributed by atoms with Crippen molar-refractivity contribution in [3.05, 3.63) is 23.8 Å². The number of hydrogen-bond acceptors (Lipinski definition) is 2. The third-order valence-corrected chi connectivity index (χ3v) is 1.95. The number of ether oxygens (including phenoxy) is 1. The molecular weight excluding hydrogens is 192 g/mol. The van der Waals surface area contributed by atoms with Crippen LogP contribution in [0.1, 0.15) is 6.92 Å². The molecule has 0 radical (unpaired) electrons. The van der Waals surface area contributed by atoms with Crippen molar-refractivity contribution < 1.29 is 18.3 Å². The van der Waals surface area contributed by atoms with Crippen molar-refractivity contribution in [2.75, 3.05) is 5.32 Å². The molecular formula is C9H7F2NO2. The Labute approximate surface area is 78.7 Å². The molecule has 2 rings (SSSR count). The highest BCUT2D eigenvalue weighted by molar-refractivity contribution is 5.97. The van der Waals surface area contributed by atoms with Gasteiger partial charge in [-0.25, -0.2) is 8.78 Å². The van der Waals surface area contributed by atoms with Gasteiger partial charge in [0.2, 0.25) is 0 Å². The van der Waals surface area contributed by atoms with E-state index in [4.69, 9.17) is 4.74 Å². The average Bonchev–Trinajstić information content (AvgIpc) is 2.11. The number of rotatable bonds is 0. The summed E-state index contributed by atoms with van der Waals surface area (Å²) in [6.45, 7) is 1.53. The molecule has 1 aromatic carbocycles. The molecule has 0 spiro atoms. The van der Waals surface area contributed by atoms with Crippen molar-refractivity contribution in [3.63, 3.8) is 0 Å². The van der Waals surface area contributed by atoms with Gasteiger partial charge in [0.05, 0.1) is 5.69 Å². The van der Waals surface area contributed by atoms with Gasteiger partial charge in [-0.3, -0.25) is 4.79 Å². The second-order valence-corrected chi connectivity index (χ2v) is 3.01. The van der Waals surface area contributed by atoms with Crippen LogP contribution in [-0.2, 0) is 4.79 Å². The number of hydrogen-bond donors (Lipinski definition) is 1. The van der Waals surface area contributed by atoms with Crippen molar-refractivity contribution in [2.24, 2.45) is 0 Å². The van der Waals surface area contributed by atoms with Crippen LogP contribution in [0.3, 0.4) is 0 Å². The fraction of sp³-hybridized carbons (Fsp3) is 0.222. The molecule has 1 heterocycles. The Hall–Kier alpha value is -1.65. The Bertz CT molecular complexity index is 406. The van der Waals surface area contributed by atoms with E-state index >= 15 is 0 Å². The number of benzene rings is 1. The maximum atomic E-state index is 12.8. The van der Waals surface area contributed by atoms with E-state index in [1.165, 1.54) is 6.92 Å². The number of halogens is 2. The Morgan fingerprint density at radius 3 is 2.71 bits per heavy atom. The van der Waals surface area contributed by atoms with Crippen molar-refractivity contribution >= 4 is 11.6 Å². The van der Waals surface area contributed by atoms with Crippen molar-refractivity contribution in [1.82, 2.24) is 0 Å². The smallest absolute Gasteiger partial charge is 0.265 e. The largest absolute Gasteiger partial charge is 0.479 e. The Kier molecular flexibility index (Phi) is 1.87. The number of fused-ring (bicyclic) bond motifs is 1. The first-order chi connectivity index (χ1) is 6.58. The second kappa shape index (κ2) is 2.94. The highest BCUT2D eigenvalue weighted by Gasteiger charge is 2.24. The van der Waals surface area contributed by atoms with Gasteiger partial charge in [0.1, 0.15) is 5.75 Å². The number of anilines is 1. The van der Waals surface area contributed by atoms with Gasteiger partial charge in [-0.15, -0.1) is 0 Å². The predicted molar refractivity (Wildman–Crippen MR) is 45.1 cm³/mol. The van der Waals surface area contributed by atoms with Crippen LogP contribution >= 0.6 is 0 Å². The molecule has 1 N–H and O–H groups in total. The van der Waals surface area contributed by atoms with Crippen LogP contribution in [-0.4, -0.2) is 12.0 Å². The van der Waals surface area contributed by atoms with Crippen molar-refractivity contribution in [2.45, 2.75) is 13.0 Å². The second-order valence-electron chi connectivity index (χ2n) is 3.01. The average molecular weight is 199 g/mol. The first kappa shape index (κ1) is 8.93. The van der Waals surface area contributed by atoms with Crippen LogP contribution in [0.25, 0.3) is 0 Å². The summed E-state index contributed by atoms with van der Waals surface area (Å²) in [6.07, 6.45) is -0.688. The van der Waals surface area contributed by atoms with Crippen LogP contribution in [0.5, 0.6) is 5.75 Å². The molecule has 74 valence electrons. The molecule has 0 unspecified atom stereocenters. The molecule has 1 atom stereocenters. The number of nitrogens with one attached hydrogen (secondary N) is 1. The quantitative estimate of drug-likeness (QED) is 0.690. The van der Waals surface area contributed by atoms with Crippen LogP contribution in [0, 0.1) is 11.6 Å². The number of amides is 1. The summed E-state index contributed by atoms with van der Waals surface area (Å²) in [5.41, 5.74) is 0.159. The molecule has 0 saturated heterocycles. The molecule has 0 saturated carbocycles. The summed E-state index contributed by atoms with van der Waals surface area (Å²) >= 11 is 0. The van der Waals surface area contributed by atoms with Gasteiger partial charge in [-0.2, -0.15) is 0 Å². The van der Waals surface area contributed by atoms with E-state index in [0.717, 1.165) is 12.1 Å². The molecule has 0 bridgehead atoms. The molecule has 5 heteroatoms. The lowest BCUT2D eigenvalue weighted by molar-refractivity contribution is -0.122. The van der Waals surface area contributed by atoms with Crippen LogP contribution in [0.4, 0.5) is 14.5 Å². The topological polar surface area (TPSA) is 38.3 Å². The van der Waals surface area contributed by atoms with Gasteiger partial charge in [-0.05, 0) is 6.92 Å². The minimum Gasteiger partial charge on any atom is -0.479 e. The van der Waals surface area contributed by atoms with Crippen LogP contribution in [0.2, 0.25) is 0 Å². The monoisotopic (exact) mass is 199 g/mol. The summed E-state index contributed by atoms with van der Waals surface area (Å²) in [5.74, 6) is -2.23. The fourth-order valence-corrected chi connectivity index (χ4v) is 1.20. The SMILES string of the molecule is C[C@@H]1Oc2cc(F)c(F)cc2NC1=O. The van der Waals surface area contributed by atoms with E-state index in [9.17, 15) is 13.6 Å². The zero-order chi connectivity index (χ0) is 10.3. The maximum Gasteiger partial charge on any atom is 0.265 e. The first-order valence-corrected chi connectivity index (χ1v) is 4.04. The lowest BCUT2D eigenvalue weighted by Crippen LogP contribution is -2.34. The Balaban J connectivity index is 2.47. The molecule has 0 aliphatic carbocycles. The zero-order valence-corrected chi connectivity index (χ0v) is 7.30. The van der Waals surface area contributed by atoms with Crippen molar-refractivity contribution in [1.29, 1.82) is 0 Å². The summed E-state index contributed by atoms with van der Waals surface area (Å²) in [4.78, 5) is 11.1. The molecule has 0 fully saturated rings. The summed E-state index contributed by atoms with van der Waals surface area (Å²) < 4.78 is 30.6. The zero-order valence-electron chi connectivity index (χ0n) is 7.30. The molecule has 3 nitrogen and oxygen atoms in total. The predicted octanol–water partition coefficient (Wildman–Crippen LogP) is 1.68. The normalized spacial score (nSPS) is 19.6. The van der Waals surface area contributed by atoms with Gasteiger partial charge in [0.25, 0.3) is 5.91 Å². The number of carbonyl (C=O) groups excluding carboxylic acids is 1. The van der Waals surface area contributed by atoms with Crippen LogP contribution < -0.4 is 10.1 Å². The fourth-order valence-electron chi connectivity index (χ4n) is 1.20. The molecule has 0 aromatic heterocycles. The molecule has 1 aliphatic heterocycles. The van der Waals surface area contributed by atoms with Gasteiger partial charge in [0, 0.05) is 12.1 Å².